The summed E-state index contributed by atoms with van der Waals surface area (Å²) in [6.07, 6.45) is 6.94. The number of rotatable bonds is 4. The molecule has 2 unspecified atom stereocenters. The number of halogens is 1. The van der Waals surface area contributed by atoms with Crippen molar-refractivity contribution in [2.24, 2.45) is 11.8 Å². The van der Waals surface area contributed by atoms with Gasteiger partial charge >= 0.3 is 0 Å². The number of aliphatic hydroxyl groups excluding tert-OH is 1. The van der Waals surface area contributed by atoms with Crippen molar-refractivity contribution in [1.29, 1.82) is 0 Å². The van der Waals surface area contributed by atoms with Crippen molar-refractivity contribution in [1.82, 2.24) is 9.97 Å². The molecular formula is C12H18FN3O. The molecule has 0 saturated heterocycles. The molecule has 1 aromatic rings. The number of nitrogens with one attached hydrogen (secondary N) is 1. The number of aromatic nitrogens is 2. The Bertz CT molecular complexity index is 344. The molecule has 2 atom stereocenters. The lowest BCUT2D eigenvalue weighted by Crippen LogP contribution is -2.29. The van der Waals surface area contributed by atoms with Crippen LogP contribution >= 0.6 is 0 Å². The Hall–Kier alpha value is -1.23. The molecule has 0 radical (unpaired) electrons. The molecule has 4 nitrogen and oxygen atoms in total. The van der Waals surface area contributed by atoms with Crippen LogP contribution in [0.2, 0.25) is 0 Å². The third kappa shape index (κ3) is 3.36. The van der Waals surface area contributed by atoms with Crippen molar-refractivity contribution in [2.45, 2.75) is 25.7 Å². The molecule has 1 heterocycles. The monoisotopic (exact) mass is 239 g/mol. The van der Waals surface area contributed by atoms with Gasteiger partial charge in [-0.1, -0.05) is 12.8 Å². The summed E-state index contributed by atoms with van der Waals surface area (Å²) in [6.45, 7) is 0.994. The Labute approximate surface area is 100 Å². The lowest BCUT2D eigenvalue weighted by Gasteiger charge is -2.30. The van der Waals surface area contributed by atoms with Gasteiger partial charge in [-0.05, 0) is 24.7 Å². The summed E-state index contributed by atoms with van der Waals surface area (Å²) in [5.41, 5.74) is 0. The maximum absolute atomic E-state index is 12.6. The van der Waals surface area contributed by atoms with Gasteiger partial charge in [-0.15, -0.1) is 0 Å². The quantitative estimate of drug-likeness (QED) is 0.841. The molecule has 2 N–H and O–H groups in total. The van der Waals surface area contributed by atoms with Gasteiger partial charge in [0.15, 0.2) is 5.82 Å². The highest BCUT2D eigenvalue weighted by molar-refractivity contribution is 5.22. The molecule has 0 aliphatic heterocycles. The van der Waals surface area contributed by atoms with Gasteiger partial charge in [-0.25, -0.2) is 14.4 Å². The van der Waals surface area contributed by atoms with Crippen LogP contribution in [0.15, 0.2) is 12.4 Å². The fourth-order valence-corrected chi connectivity index (χ4v) is 2.42. The zero-order valence-electron chi connectivity index (χ0n) is 9.77. The maximum Gasteiger partial charge on any atom is 0.222 e. The van der Waals surface area contributed by atoms with Gasteiger partial charge in [0.25, 0.3) is 0 Å². The van der Waals surface area contributed by atoms with Crippen molar-refractivity contribution < 1.29 is 9.50 Å². The predicted molar refractivity (Wildman–Crippen MR) is 63.0 cm³/mol. The van der Waals surface area contributed by atoms with E-state index in [4.69, 9.17) is 0 Å². The van der Waals surface area contributed by atoms with Crippen LogP contribution in [0.4, 0.5) is 10.3 Å². The van der Waals surface area contributed by atoms with Gasteiger partial charge in [0.2, 0.25) is 5.95 Å². The highest BCUT2D eigenvalue weighted by Crippen LogP contribution is 2.29. The maximum atomic E-state index is 12.6. The van der Waals surface area contributed by atoms with E-state index >= 15 is 0 Å². The Balaban J connectivity index is 1.86. The minimum atomic E-state index is -0.429. The first-order valence-electron chi connectivity index (χ1n) is 6.12. The number of hydrogen-bond donors (Lipinski definition) is 2. The summed E-state index contributed by atoms with van der Waals surface area (Å²) < 4.78 is 12.6. The summed E-state index contributed by atoms with van der Waals surface area (Å²) in [4.78, 5) is 7.71. The summed E-state index contributed by atoms with van der Waals surface area (Å²) >= 11 is 0. The SMILES string of the molecule is OCC1CCCCC1CNc1ncc(F)cn1. The average molecular weight is 239 g/mol. The molecule has 2 rings (SSSR count). The molecule has 17 heavy (non-hydrogen) atoms. The van der Waals surface area contributed by atoms with E-state index in [0.29, 0.717) is 17.8 Å². The molecule has 1 fully saturated rings. The molecule has 1 aliphatic rings. The van der Waals surface area contributed by atoms with E-state index in [1.165, 1.54) is 12.8 Å². The number of hydrogen-bond acceptors (Lipinski definition) is 4. The first-order valence-corrected chi connectivity index (χ1v) is 6.12. The van der Waals surface area contributed by atoms with Crippen LogP contribution in [0.25, 0.3) is 0 Å². The van der Waals surface area contributed by atoms with Crippen molar-refractivity contribution in [2.75, 3.05) is 18.5 Å². The molecule has 1 saturated carbocycles. The first kappa shape index (κ1) is 12.2. The minimum Gasteiger partial charge on any atom is -0.396 e. The number of nitrogens with zero attached hydrogens (tertiary/aromatic N) is 2. The van der Waals surface area contributed by atoms with E-state index in [1.807, 2.05) is 0 Å². The van der Waals surface area contributed by atoms with Crippen LogP contribution in [0.3, 0.4) is 0 Å². The highest BCUT2D eigenvalue weighted by Gasteiger charge is 2.24. The largest absolute Gasteiger partial charge is 0.396 e. The molecule has 0 amide bonds. The third-order valence-corrected chi connectivity index (χ3v) is 3.44. The van der Waals surface area contributed by atoms with Crippen molar-refractivity contribution >= 4 is 5.95 Å². The van der Waals surface area contributed by atoms with Crippen LogP contribution in [0, 0.1) is 17.7 Å². The van der Waals surface area contributed by atoms with E-state index in [1.54, 1.807) is 0 Å². The van der Waals surface area contributed by atoms with E-state index in [0.717, 1.165) is 31.8 Å². The fourth-order valence-electron chi connectivity index (χ4n) is 2.42. The van der Waals surface area contributed by atoms with Crippen LogP contribution in [0.5, 0.6) is 0 Å². The van der Waals surface area contributed by atoms with E-state index < -0.39 is 5.82 Å². The zero-order valence-corrected chi connectivity index (χ0v) is 9.77. The van der Waals surface area contributed by atoms with E-state index in [9.17, 15) is 9.50 Å². The molecule has 1 aromatic heterocycles. The predicted octanol–water partition coefficient (Wildman–Crippen LogP) is 1.83. The van der Waals surface area contributed by atoms with Crippen LogP contribution in [-0.4, -0.2) is 28.2 Å². The van der Waals surface area contributed by atoms with Gasteiger partial charge < -0.3 is 10.4 Å². The Morgan fingerprint density at radius 1 is 1.24 bits per heavy atom. The second-order valence-corrected chi connectivity index (χ2v) is 4.59. The highest BCUT2D eigenvalue weighted by atomic mass is 19.1. The smallest absolute Gasteiger partial charge is 0.222 e. The van der Waals surface area contributed by atoms with E-state index in [-0.39, 0.29) is 6.61 Å². The first-order chi connectivity index (χ1) is 8.29. The second kappa shape index (κ2) is 5.91. The van der Waals surface area contributed by atoms with Crippen LogP contribution in [-0.2, 0) is 0 Å². The van der Waals surface area contributed by atoms with Gasteiger partial charge in [0, 0.05) is 13.2 Å². The van der Waals surface area contributed by atoms with Crippen molar-refractivity contribution in [3.05, 3.63) is 18.2 Å². The molecule has 0 spiro atoms. The summed E-state index contributed by atoms with van der Waals surface area (Å²) in [5, 5.41) is 12.4. The molecule has 0 bridgehead atoms. The third-order valence-electron chi connectivity index (χ3n) is 3.44. The van der Waals surface area contributed by atoms with Gasteiger partial charge in [-0.3, -0.25) is 0 Å². The van der Waals surface area contributed by atoms with Crippen LogP contribution in [0.1, 0.15) is 25.7 Å². The summed E-state index contributed by atoms with van der Waals surface area (Å²) in [6, 6.07) is 0. The standard InChI is InChI=1S/C12H18FN3O/c13-11-6-15-12(16-7-11)14-5-9-3-1-2-4-10(9)8-17/h6-7,9-10,17H,1-5,8H2,(H,14,15,16). The summed E-state index contributed by atoms with van der Waals surface area (Å²) in [5.74, 6) is 0.856. The molecule has 1 aliphatic carbocycles. The number of anilines is 1. The Morgan fingerprint density at radius 3 is 2.53 bits per heavy atom. The van der Waals surface area contributed by atoms with Crippen molar-refractivity contribution in [3.8, 4) is 0 Å². The fraction of sp³-hybridized carbons (Fsp3) is 0.667. The van der Waals surface area contributed by atoms with Gasteiger partial charge in [-0.2, -0.15) is 0 Å². The topological polar surface area (TPSA) is 58.0 Å². The average Bonchev–Trinajstić information content (AvgIpc) is 2.38. The van der Waals surface area contributed by atoms with E-state index in [2.05, 4.69) is 15.3 Å². The lowest BCUT2D eigenvalue weighted by atomic mass is 9.80. The molecule has 94 valence electrons. The van der Waals surface area contributed by atoms with Gasteiger partial charge in [0.1, 0.15) is 0 Å². The Kier molecular flexibility index (Phi) is 4.25. The van der Waals surface area contributed by atoms with Crippen LogP contribution < -0.4 is 5.32 Å². The molecule has 5 heteroatoms. The summed E-state index contributed by atoms with van der Waals surface area (Å²) in [7, 11) is 0. The zero-order chi connectivity index (χ0) is 12.1. The molecular weight excluding hydrogens is 221 g/mol. The lowest BCUT2D eigenvalue weighted by molar-refractivity contribution is 0.141. The Morgan fingerprint density at radius 2 is 1.88 bits per heavy atom. The van der Waals surface area contributed by atoms with Gasteiger partial charge in [0.05, 0.1) is 12.4 Å². The minimum absolute atomic E-state index is 0.247. The normalized spacial score (nSPS) is 24.6. The van der Waals surface area contributed by atoms with Crippen molar-refractivity contribution in [3.63, 3.8) is 0 Å². The molecule has 0 aromatic carbocycles. The number of aliphatic hydroxyl groups is 1. The second-order valence-electron chi connectivity index (χ2n) is 4.59.